The number of nitrogens with one attached hydrogen (secondary N) is 1. The average Bonchev–Trinajstić information content (AvgIpc) is 3.67. The molecule has 0 bridgehead atoms. The summed E-state index contributed by atoms with van der Waals surface area (Å²) >= 11 is 6.85. The second-order valence-electron chi connectivity index (χ2n) is 13.6. The van der Waals surface area contributed by atoms with E-state index in [1.807, 2.05) is 24.3 Å². The molecule has 0 saturated carbocycles. The molecule has 5 aromatic rings. The molecule has 1 saturated heterocycles. The van der Waals surface area contributed by atoms with Crippen molar-refractivity contribution < 1.29 is 29.2 Å². The molecule has 0 spiro atoms. The van der Waals surface area contributed by atoms with Crippen LogP contribution in [0.1, 0.15) is 39.8 Å². The Bertz CT molecular complexity index is 2150. The van der Waals surface area contributed by atoms with Gasteiger partial charge >= 0.3 is 5.97 Å². The lowest BCUT2D eigenvalue weighted by Crippen LogP contribution is -2.23. The number of hydrogen-bond acceptors (Lipinski definition) is 9. The SMILES string of the molecule is Cc1c(COc2cc(OCc3cncc(C#N)c3)c(CN3CC[C@@H](C(=O)O)C3)cc2Cl)cccc1-c1cccc(-c2ccc(OCCNCCO)cc2)c1C. The van der Waals surface area contributed by atoms with E-state index in [-0.39, 0.29) is 19.8 Å². The maximum absolute atomic E-state index is 11.6. The van der Waals surface area contributed by atoms with Gasteiger partial charge in [-0.25, -0.2) is 0 Å². The quantitative estimate of drug-likeness (QED) is 0.0814. The van der Waals surface area contributed by atoms with Crippen molar-refractivity contribution in [3.8, 4) is 45.6 Å². The first-order valence-electron chi connectivity index (χ1n) is 18.3. The van der Waals surface area contributed by atoms with Crippen molar-refractivity contribution in [1.29, 1.82) is 5.26 Å². The van der Waals surface area contributed by atoms with E-state index in [1.54, 1.807) is 18.3 Å². The third-order valence-electron chi connectivity index (χ3n) is 9.90. The standard InChI is InChI=1S/C44H45ClN4O6/c1-29-35(5-3-7-39(29)40-8-4-6-38(30(40)2)33-9-11-37(12-10-33)53-18-15-47-14-17-50)28-55-43-21-42(54-27-32-19-31(22-46)23-48-24-32)36(20-41(43)45)26-49-16-13-34(25-49)44(51)52/h3-12,19-21,23-24,34,47,50H,13-18,25-28H2,1-2H3,(H,51,52)/t34-/m1/s1. The Labute approximate surface area is 326 Å². The molecule has 1 aliphatic rings. The average molecular weight is 761 g/mol. The minimum absolute atomic E-state index is 0.104. The van der Waals surface area contributed by atoms with E-state index in [0.29, 0.717) is 67.8 Å². The van der Waals surface area contributed by atoms with E-state index in [1.165, 1.54) is 6.20 Å². The first-order valence-corrected chi connectivity index (χ1v) is 18.7. The monoisotopic (exact) mass is 760 g/mol. The minimum atomic E-state index is -0.787. The second kappa shape index (κ2) is 18.7. The Morgan fingerprint density at radius 1 is 0.909 bits per heavy atom. The molecule has 11 heteroatoms. The molecule has 55 heavy (non-hydrogen) atoms. The third-order valence-corrected chi connectivity index (χ3v) is 10.2. The maximum atomic E-state index is 11.6. The van der Waals surface area contributed by atoms with Gasteiger partial charge in [0.25, 0.3) is 0 Å². The van der Waals surface area contributed by atoms with E-state index in [2.05, 4.69) is 77.6 Å². The number of likely N-dealkylation sites (tertiary alicyclic amines) is 1. The minimum Gasteiger partial charge on any atom is -0.492 e. The zero-order valence-electron chi connectivity index (χ0n) is 31.1. The van der Waals surface area contributed by atoms with Gasteiger partial charge in [-0.3, -0.25) is 14.7 Å². The van der Waals surface area contributed by atoms with Crippen LogP contribution in [-0.4, -0.2) is 65.5 Å². The molecule has 0 aliphatic carbocycles. The zero-order valence-corrected chi connectivity index (χ0v) is 31.8. The molecule has 1 aliphatic heterocycles. The van der Waals surface area contributed by atoms with Crippen LogP contribution in [0.5, 0.6) is 17.2 Å². The van der Waals surface area contributed by atoms with Crippen molar-refractivity contribution in [2.75, 3.05) is 39.4 Å². The zero-order chi connectivity index (χ0) is 38.7. The number of aliphatic carboxylic acids is 1. The topological polar surface area (TPSA) is 137 Å². The van der Waals surface area contributed by atoms with Crippen LogP contribution in [0.25, 0.3) is 22.3 Å². The second-order valence-corrected chi connectivity index (χ2v) is 14.0. The van der Waals surface area contributed by atoms with Crippen molar-refractivity contribution >= 4 is 17.6 Å². The van der Waals surface area contributed by atoms with Gasteiger partial charge in [-0.1, -0.05) is 60.1 Å². The van der Waals surface area contributed by atoms with Gasteiger partial charge in [-0.05, 0) is 90.0 Å². The Balaban J connectivity index is 1.19. The Morgan fingerprint density at radius 2 is 1.65 bits per heavy atom. The summed E-state index contributed by atoms with van der Waals surface area (Å²) < 4.78 is 18.5. The first-order chi connectivity index (χ1) is 26.7. The molecule has 1 fully saturated rings. The number of carboxylic acids is 1. The third kappa shape index (κ3) is 10.0. The fourth-order valence-electron chi connectivity index (χ4n) is 6.86. The number of pyridine rings is 1. The normalized spacial score (nSPS) is 14.1. The number of aliphatic hydroxyl groups excluding tert-OH is 1. The molecule has 3 N–H and O–H groups in total. The number of aromatic nitrogens is 1. The van der Waals surface area contributed by atoms with E-state index < -0.39 is 11.9 Å². The highest BCUT2D eigenvalue weighted by Gasteiger charge is 2.29. The Morgan fingerprint density at radius 3 is 2.40 bits per heavy atom. The number of halogens is 1. The van der Waals surface area contributed by atoms with Crippen LogP contribution in [0.2, 0.25) is 5.02 Å². The number of nitrogens with zero attached hydrogens (tertiary/aromatic N) is 3. The van der Waals surface area contributed by atoms with Gasteiger partial charge in [0.05, 0.1) is 23.1 Å². The summed E-state index contributed by atoms with van der Waals surface area (Å²) in [5.41, 5.74) is 9.74. The number of carbonyl (C=O) groups is 1. The molecular formula is C44H45ClN4O6. The predicted molar refractivity (Wildman–Crippen MR) is 212 cm³/mol. The highest BCUT2D eigenvalue weighted by molar-refractivity contribution is 6.32. The van der Waals surface area contributed by atoms with Crippen molar-refractivity contribution in [1.82, 2.24) is 15.2 Å². The Kier molecular flexibility index (Phi) is 13.4. The van der Waals surface area contributed by atoms with Crippen molar-refractivity contribution in [2.24, 2.45) is 5.92 Å². The lowest BCUT2D eigenvalue weighted by molar-refractivity contribution is -0.141. The van der Waals surface area contributed by atoms with Gasteiger partial charge in [0.1, 0.15) is 43.1 Å². The fourth-order valence-corrected chi connectivity index (χ4v) is 7.10. The number of hydrogen-bond donors (Lipinski definition) is 3. The number of benzene rings is 4. The summed E-state index contributed by atoms with van der Waals surface area (Å²) in [4.78, 5) is 17.9. The van der Waals surface area contributed by atoms with Crippen molar-refractivity contribution in [3.63, 3.8) is 0 Å². The first kappa shape index (κ1) is 39.3. The lowest BCUT2D eigenvalue weighted by Gasteiger charge is -2.20. The molecule has 1 atom stereocenters. The largest absolute Gasteiger partial charge is 0.492 e. The number of rotatable bonds is 17. The number of nitriles is 1. The van der Waals surface area contributed by atoms with Gasteiger partial charge in [0.2, 0.25) is 0 Å². The number of carboxylic acid groups (broad SMARTS) is 1. The predicted octanol–water partition coefficient (Wildman–Crippen LogP) is 7.58. The fraction of sp³-hybridized carbons (Fsp3) is 0.295. The lowest BCUT2D eigenvalue weighted by atomic mass is 9.89. The molecule has 0 amide bonds. The summed E-state index contributed by atoms with van der Waals surface area (Å²) in [6.45, 7) is 8.10. The van der Waals surface area contributed by atoms with Crippen LogP contribution in [0, 0.1) is 31.1 Å². The highest BCUT2D eigenvalue weighted by Crippen LogP contribution is 2.38. The van der Waals surface area contributed by atoms with Gasteiger partial charge in [-0.15, -0.1) is 0 Å². The van der Waals surface area contributed by atoms with Gasteiger partial charge in [0, 0.05) is 55.8 Å². The van der Waals surface area contributed by atoms with Crippen LogP contribution in [0.15, 0.2) is 91.3 Å². The van der Waals surface area contributed by atoms with E-state index in [9.17, 15) is 15.2 Å². The molecule has 0 unspecified atom stereocenters. The van der Waals surface area contributed by atoms with Crippen LogP contribution < -0.4 is 19.5 Å². The molecule has 10 nitrogen and oxygen atoms in total. The van der Waals surface area contributed by atoms with E-state index in [4.69, 9.17) is 30.9 Å². The highest BCUT2D eigenvalue weighted by atomic mass is 35.5. The number of aliphatic hydroxyl groups is 1. The summed E-state index contributed by atoms with van der Waals surface area (Å²) in [5.74, 6) is 0.628. The smallest absolute Gasteiger partial charge is 0.307 e. The van der Waals surface area contributed by atoms with Gasteiger partial charge in [0.15, 0.2) is 0 Å². The van der Waals surface area contributed by atoms with Gasteiger partial charge < -0.3 is 29.7 Å². The summed E-state index contributed by atoms with van der Waals surface area (Å²) in [6, 6.07) is 28.2. The number of ether oxygens (including phenoxy) is 3. The molecule has 2 heterocycles. The van der Waals surface area contributed by atoms with Crippen LogP contribution in [0.3, 0.4) is 0 Å². The molecule has 1 aromatic heterocycles. The van der Waals surface area contributed by atoms with Crippen molar-refractivity contribution in [2.45, 2.75) is 40.0 Å². The van der Waals surface area contributed by atoms with E-state index >= 15 is 0 Å². The van der Waals surface area contributed by atoms with Crippen LogP contribution in [0.4, 0.5) is 0 Å². The summed E-state index contributed by atoms with van der Waals surface area (Å²) in [7, 11) is 0. The molecule has 6 rings (SSSR count). The maximum Gasteiger partial charge on any atom is 0.307 e. The summed E-state index contributed by atoms with van der Waals surface area (Å²) in [5, 5.41) is 31.3. The molecular weight excluding hydrogens is 716 g/mol. The molecule has 4 aromatic carbocycles. The van der Waals surface area contributed by atoms with Crippen LogP contribution >= 0.6 is 11.6 Å². The van der Waals surface area contributed by atoms with E-state index in [0.717, 1.165) is 55.8 Å². The molecule has 0 radical (unpaired) electrons. The summed E-state index contributed by atoms with van der Waals surface area (Å²) in [6.07, 6.45) is 3.75. The van der Waals surface area contributed by atoms with Crippen LogP contribution in [-0.2, 0) is 24.6 Å². The Hall–Kier alpha value is -5.44. The van der Waals surface area contributed by atoms with Gasteiger partial charge in [-0.2, -0.15) is 5.26 Å². The van der Waals surface area contributed by atoms with Crippen molar-refractivity contribution in [3.05, 3.63) is 130 Å². The molecule has 284 valence electrons.